The highest BCUT2D eigenvalue weighted by atomic mass is 127. The fraction of sp³-hybridized carbons (Fsp3) is 0.955. The second kappa shape index (κ2) is 14.1. The monoisotopic (exact) mass is 536 g/mol. The third kappa shape index (κ3) is 8.07. The Kier molecular flexibility index (Phi) is 12.2. The van der Waals surface area contributed by atoms with Crippen molar-refractivity contribution < 1.29 is 4.74 Å². The number of aliphatic imine (C=N–C) groups is 1. The highest BCUT2D eigenvalue weighted by Crippen LogP contribution is 2.33. The quantitative estimate of drug-likeness (QED) is 0.214. The van der Waals surface area contributed by atoms with Gasteiger partial charge in [0.2, 0.25) is 0 Å². The summed E-state index contributed by atoms with van der Waals surface area (Å²) in [5.74, 6) is 0.961. The van der Waals surface area contributed by atoms with Crippen molar-refractivity contribution in [1.29, 1.82) is 0 Å². The SMILES string of the molecule is CN=C(NCCCCN1CCN(C)CC1)NCC1(N2CCOCC2)CCCCC1.I. The molecule has 0 aromatic heterocycles. The van der Waals surface area contributed by atoms with Crippen LogP contribution in [0.2, 0.25) is 0 Å². The van der Waals surface area contributed by atoms with Crippen LogP contribution in [0.5, 0.6) is 0 Å². The minimum atomic E-state index is 0. The molecule has 2 heterocycles. The average Bonchev–Trinajstić information content (AvgIpc) is 2.78. The van der Waals surface area contributed by atoms with Gasteiger partial charge in [-0.05, 0) is 39.3 Å². The number of guanidine groups is 1. The fourth-order valence-electron chi connectivity index (χ4n) is 5.06. The summed E-state index contributed by atoms with van der Waals surface area (Å²) >= 11 is 0. The van der Waals surface area contributed by atoms with Crippen molar-refractivity contribution in [2.24, 2.45) is 4.99 Å². The second-order valence-corrected chi connectivity index (χ2v) is 9.09. The molecule has 8 heteroatoms. The zero-order valence-corrected chi connectivity index (χ0v) is 21.7. The van der Waals surface area contributed by atoms with Gasteiger partial charge in [0.05, 0.1) is 13.2 Å². The Labute approximate surface area is 201 Å². The van der Waals surface area contributed by atoms with Crippen molar-refractivity contribution in [3.63, 3.8) is 0 Å². The summed E-state index contributed by atoms with van der Waals surface area (Å²) in [5.41, 5.74) is 0.279. The van der Waals surface area contributed by atoms with E-state index in [4.69, 9.17) is 4.74 Å². The average molecular weight is 537 g/mol. The van der Waals surface area contributed by atoms with Gasteiger partial charge in [0.25, 0.3) is 0 Å². The van der Waals surface area contributed by atoms with Gasteiger partial charge >= 0.3 is 0 Å². The van der Waals surface area contributed by atoms with Gasteiger partial charge in [-0.3, -0.25) is 9.89 Å². The van der Waals surface area contributed by atoms with Crippen LogP contribution in [-0.2, 0) is 4.74 Å². The van der Waals surface area contributed by atoms with E-state index in [0.717, 1.165) is 45.4 Å². The van der Waals surface area contributed by atoms with E-state index in [-0.39, 0.29) is 29.5 Å². The first-order valence-electron chi connectivity index (χ1n) is 11.9. The van der Waals surface area contributed by atoms with Crippen LogP contribution in [0.4, 0.5) is 0 Å². The molecule has 3 rings (SSSR count). The van der Waals surface area contributed by atoms with Crippen molar-refractivity contribution in [2.45, 2.75) is 50.5 Å². The van der Waals surface area contributed by atoms with E-state index in [1.165, 1.54) is 77.7 Å². The Bertz CT molecular complexity index is 486. The minimum Gasteiger partial charge on any atom is -0.379 e. The van der Waals surface area contributed by atoms with Gasteiger partial charge in [0.1, 0.15) is 0 Å². The number of rotatable bonds is 8. The molecule has 0 amide bonds. The van der Waals surface area contributed by atoms with Crippen LogP contribution in [0.15, 0.2) is 4.99 Å². The summed E-state index contributed by atoms with van der Waals surface area (Å²) < 4.78 is 5.60. The summed E-state index contributed by atoms with van der Waals surface area (Å²) in [6, 6.07) is 0. The Balaban J connectivity index is 0.00000320. The maximum Gasteiger partial charge on any atom is 0.191 e. The van der Waals surface area contributed by atoms with Crippen LogP contribution in [0, 0.1) is 0 Å². The molecule has 1 saturated carbocycles. The Morgan fingerprint density at radius 2 is 1.63 bits per heavy atom. The summed E-state index contributed by atoms with van der Waals surface area (Å²) in [4.78, 5) is 12.2. The van der Waals surface area contributed by atoms with E-state index in [2.05, 4.69) is 37.4 Å². The van der Waals surface area contributed by atoms with Crippen molar-refractivity contribution in [2.75, 3.05) is 86.2 Å². The highest BCUT2D eigenvalue weighted by Gasteiger charge is 2.38. The van der Waals surface area contributed by atoms with E-state index in [1.54, 1.807) is 0 Å². The molecule has 7 nitrogen and oxygen atoms in total. The maximum atomic E-state index is 5.60. The number of ether oxygens (including phenoxy) is 1. The van der Waals surface area contributed by atoms with E-state index in [9.17, 15) is 0 Å². The number of hydrogen-bond donors (Lipinski definition) is 2. The molecule has 0 bridgehead atoms. The molecule has 3 aliphatic rings. The number of nitrogens with zero attached hydrogens (tertiary/aromatic N) is 4. The number of unbranched alkanes of at least 4 members (excludes halogenated alkanes) is 1. The lowest BCUT2D eigenvalue weighted by Gasteiger charge is -2.48. The predicted molar refractivity (Wildman–Crippen MR) is 136 cm³/mol. The number of halogens is 1. The molecule has 0 aromatic carbocycles. The lowest BCUT2D eigenvalue weighted by atomic mass is 9.80. The van der Waals surface area contributed by atoms with Gasteiger partial charge in [0.15, 0.2) is 5.96 Å². The number of hydrogen-bond acceptors (Lipinski definition) is 5. The highest BCUT2D eigenvalue weighted by molar-refractivity contribution is 14.0. The molecule has 30 heavy (non-hydrogen) atoms. The number of nitrogens with one attached hydrogen (secondary N) is 2. The van der Waals surface area contributed by atoms with Crippen molar-refractivity contribution in [1.82, 2.24) is 25.3 Å². The molecule has 2 aliphatic heterocycles. The van der Waals surface area contributed by atoms with Gasteiger partial charge in [-0.1, -0.05) is 19.3 Å². The van der Waals surface area contributed by atoms with Crippen LogP contribution < -0.4 is 10.6 Å². The number of piperazine rings is 1. The van der Waals surface area contributed by atoms with Crippen molar-refractivity contribution in [3.8, 4) is 0 Å². The zero-order valence-electron chi connectivity index (χ0n) is 19.3. The molecule has 0 spiro atoms. The molecule has 3 fully saturated rings. The van der Waals surface area contributed by atoms with E-state index in [0.29, 0.717) is 0 Å². The molecule has 0 unspecified atom stereocenters. The summed E-state index contributed by atoms with van der Waals surface area (Å²) in [6.45, 7) is 12.0. The van der Waals surface area contributed by atoms with Gasteiger partial charge in [-0.15, -0.1) is 24.0 Å². The first kappa shape index (κ1) is 26.1. The smallest absolute Gasteiger partial charge is 0.191 e. The standard InChI is InChI=1S/C22H44N6O.HI/c1-23-21(24-10-6-7-11-27-14-12-26(2)13-15-27)25-20-22(8-4-3-5-9-22)28-16-18-29-19-17-28;/h3-20H2,1-2H3,(H2,23,24,25);1H. The van der Waals surface area contributed by atoms with Crippen LogP contribution in [-0.4, -0.2) is 112 Å². The summed E-state index contributed by atoms with van der Waals surface area (Å²) in [7, 11) is 4.11. The van der Waals surface area contributed by atoms with Gasteiger partial charge < -0.3 is 25.2 Å². The molecule has 176 valence electrons. The molecule has 2 N–H and O–H groups in total. The lowest BCUT2D eigenvalue weighted by molar-refractivity contribution is -0.0352. The lowest BCUT2D eigenvalue weighted by Crippen LogP contribution is -2.60. The molecular weight excluding hydrogens is 491 g/mol. The fourth-order valence-corrected chi connectivity index (χ4v) is 5.06. The summed E-state index contributed by atoms with van der Waals surface area (Å²) in [5, 5.41) is 7.21. The van der Waals surface area contributed by atoms with Crippen LogP contribution >= 0.6 is 24.0 Å². The van der Waals surface area contributed by atoms with Crippen molar-refractivity contribution in [3.05, 3.63) is 0 Å². The first-order chi connectivity index (χ1) is 14.2. The molecule has 0 radical (unpaired) electrons. The summed E-state index contributed by atoms with van der Waals surface area (Å²) in [6.07, 6.45) is 9.11. The van der Waals surface area contributed by atoms with Gasteiger partial charge in [-0.25, -0.2) is 0 Å². The van der Waals surface area contributed by atoms with E-state index >= 15 is 0 Å². The van der Waals surface area contributed by atoms with E-state index in [1.807, 2.05) is 7.05 Å². The van der Waals surface area contributed by atoms with E-state index < -0.39 is 0 Å². The molecular formula is C22H45IN6O. The maximum absolute atomic E-state index is 5.60. The molecule has 0 atom stereocenters. The van der Waals surface area contributed by atoms with Crippen LogP contribution in [0.3, 0.4) is 0 Å². The second-order valence-electron chi connectivity index (χ2n) is 9.09. The normalized spacial score (nSPS) is 24.3. The van der Waals surface area contributed by atoms with Gasteiger partial charge in [0, 0.05) is 64.9 Å². The Morgan fingerprint density at radius 3 is 2.30 bits per heavy atom. The molecule has 0 aromatic rings. The third-order valence-corrected chi connectivity index (χ3v) is 7.06. The van der Waals surface area contributed by atoms with Crippen molar-refractivity contribution >= 4 is 29.9 Å². The first-order valence-corrected chi connectivity index (χ1v) is 11.9. The Hall–Kier alpha value is -0.160. The topological polar surface area (TPSA) is 55.4 Å². The third-order valence-electron chi connectivity index (χ3n) is 7.06. The van der Waals surface area contributed by atoms with Crippen LogP contribution in [0.1, 0.15) is 44.9 Å². The largest absolute Gasteiger partial charge is 0.379 e. The number of morpholine rings is 1. The minimum absolute atomic E-state index is 0. The van der Waals surface area contributed by atoms with Gasteiger partial charge in [-0.2, -0.15) is 0 Å². The number of likely N-dealkylation sites (N-methyl/N-ethyl adjacent to an activating group) is 1. The molecule has 2 saturated heterocycles. The van der Waals surface area contributed by atoms with Crippen LogP contribution in [0.25, 0.3) is 0 Å². The molecule has 1 aliphatic carbocycles. The Morgan fingerprint density at radius 1 is 0.933 bits per heavy atom. The predicted octanol–water partition coefficient (Wildman–Crippen LogP) is 1.83. The zero-order chi connectivity index (χ0) is 20.4.